The zero-order valence-electron chi connectivity index (χ0n) is 10.4. The largest absolute Gasteiger partial charge is 0.311 e. The number of rotatable bonds is 2. The molecule has 1 N–H and O–H groups in total. The van der Waals surface area contributed by atoms with Gasteiger partial charge in [-0.1, -0.05) is 43.2 Å². The first-order valence-corrected chi connectivity index (χ1v) is 6.95. The number of benzene rings is 1. The number of hydrogen-bond donors (Lipinski definition) is 1. The van der Waals surface area contributed by atoms with Crippen molar-refractivity contribution in [1.29, 1.82) is 0 Å². The molecule has 0 bridgehead atoms. The Balaban J connectivity index is 1.69. The van der Waals surface area contributed by atoms with Crippen molar-refractivity contribution in [3.63, 3.8) is 0 Å². The molecule has 1 aromatic carbocycles. The van der Waals surface area contributed by atoms with Gasteiger partial charge in [0.2, 0.25) is 0 Å². The van der Waals surface area contributed by atoms with E-state index in [2.05, 4.69) is 40.5 Å². The number of piperazine rings is 1. The van der Waals surface area contributed by atoms with Crippen molar-refractivity contribution in [2.75, 3.05) is 13.1 Å². The van der Waals surface area contributed by atoms with Crippen molar-refractivity contribution in [2.24, 2.45) is 0 Å². The molecule has 2 fully saturated rings. The van der Waals surface area contributed by atoms with Gasteiger partial charge in [0.15, 0.2) is 0 Å². The highest BCUT2D eigenvalue weighted by atomic mass is 15.2. The molecule has 92 valence electrons. The average Bonchev–Trinajstić information content (AvgIpc) is 2.40. The minimum atomic E-state index is 0.751. The molecule has 0 spiro atoms. The molecule has 1 aromatic rings. The third-order valence-corrected chi connectivity index (χ3v) is 4.23. The summed E-state index contributed by atoms with van der Waals surface area (Å²) in [4.78, 5) is 2.69. The maximum absolute atomic E-state index is 3.70. The van der Waals surface area contributed by atoms with E-state index in [0.717, 1.165) is 25.2 Å². The summed E-state index contributed by atoms with van der Waals surface area (Å²) in [6, 6.07) is 12.4. The van der Waals surface area contributed by atoms with Crippen LogP contribution in [0.5, 0.6) is 0 Å². The van der Waals surface area contributed by atoms with Gasteiger partial charge in [-0.3, -0.25) is 4.90 Å². The Morgan fingerprint density at radius 2 is 1.94 bits per heavy atom. The molecule has 17 heavy (non-hydrogen) atoms. The number of nitrogens with one attached hydrogen (secondary N) is 1. The molecular weight excluding hydrogens is 208 g/mol. The highest BCUT2D eigenvalue weighted by Crippen LogP contribution is 2.26. The van der Waals surface area contributed by atoms with Gasteiger partial charge in [0, 0.05) is 31.7 Å². The van der Waals surface area contributed by atoms with Gasteiger partial charge in [0.1, 0.15) is 0 Å². The van der Waals surface area contributed by atoms with E-state index in [9.17, 15) is 0 Å². The van der Waals surface area contributed by atoms with E-state index in [0.29, 0.717) is 0 Å². The van der Waals surface area contributed by atoms with Gasteiger partial charge in [-0.2, -0.15) is 0 Å². The Kier molecular flexibility index (Phi) is 3.44. The average molecular weight is 230 g/mol. The molecule has 0 amide bonds. The molecule has 3 rings (SSSR count). The van der Waals surface area contributed by atoms with E-state index >= 15 is 0 Å². The molecule has 1 aliphatic heterocycles. The van der Waals surface area contributed by atoms with Gasteiger partial charge < -0.3 is 5.32 Å². The van der Waals surface area contributed by atoms with Crippen LogP contribution in [0.2, 0.25) is 0 Å². The number of nitrogens with zero attached hydrogens (tertiary/aromatic N) is 1. The van der Waals surface area contributed by atoms with Crippen LogP contribution in [0.1, 0.15) is 31.2 Å². The van der Waals surface area contributed by atoms with E-state index in [1.807, 2.05) is 0 Å². The van der Waals surface area contributed by atoms with Crippen LogP contribution in [0.4, 0.5) is 0 Å². The maximum atomic E-state index is 3.70. The molecule has 1 saturated carbocycles. The van der Waals surface area contributed by atoms with Gasteiger partial charge in [0.25, 0.3) is 0 Å². The predicted octanol–water partition coefficient (Wildman–Crippen LogP) is 2.40. The quantitative estimate of drug-likeness (QED) is 0.839. The van der Waals surface area contributed by atoms with E-state index < -0.39 is 0 Å². The molecule has 1 heterocycles. The maximum Gasteiger partial charge on any atom is 0.0253 e. The lowest BCUT2D eigenvalue weighted by Crippen LogP contribution is -2.58. The second-order valence-corrected chi connectivity index (χ2v) is 5.37. The van der Waals surface area contributed by atoms with Crippen LogP contribution in [-0.4, -0.2) is 30.1 Å². The van der Waals surface area contributed by atoms with Crippen molar-refractivity contribution in [3.8, 4) is 0 Å². The molecule has 0 radical (unpaired) electrons. The molecule has 0 unspecified atom stereocenters. The molecule has 0 aromatic heterocycles. The normalized spacial score (nSPS) is 29.9. The smallest absolute Gasteiger partial charge is 0.0253 e. The minimum Gasteiger partial charge on any atom is -0.311 e. The summed E-state index contributed by atoms with van der Waals surface area (Å²) < 4.78 is 0. The van der Waals surface area contributed by atoms with Crippen molar-refractivity contribution in [2.45, 2.75) is 44.3 Å². The van der Waals surface area contributed by atoms with Gasteiger partial charge in [-0.05, 0) is 18.4 Å². The Hall–Kier alpha value is -0.860. The van der Waals surface area contributed by atoms with Crippen molar-refractivity contribution >= 4 is 0 Å². The summed E-state index contributed by atoms with van der Waals surface area (Å²) in [5.41, 5.74) is 1.46. The summed E-state index contributed by atoms with van der Waals surface area (Å²) in [7, 11) is 0. The highest BCUT2D eigenvalue weighted by molar-refractivity contribution is 5.15. The summed E-state index contributed by atoms with van der Waals surface area (Å²) in [5, 5.41) is 3.70. The summed E-state index contributed by atoms with van der Waals surface area (Å²) >= 11 is 0. The van der Waals surface area contributed by atoms with Crippen molar-refractivity contribution in [3.05, 3.63) is 35.9 Å². The summed E-state index contributed by atoms with van der Waals surface area (Å²) in [5.74, 6) is 0. The van der Waals surface area contributed by atoms with Crippen LogP contribution >= 0.6 is 0 Å². The standard InChI is InChI=1S/C15H22N2/c1-2-6-13(7-3-1)12-17-11-10-16-14-8-4-5-9-15(14)17/h1-3,6-7,14-16H,4-5,8-12H2/t14-,15-/m0/s1. The van der Waals surface area contributed by atoms with E-state index in [1.165, 1.54) is 37.8 Å². The van der Waals surface area contributed by atoms with Crippen LogP contribution in [-0.2, 0) is 6.54 Å². The van der Waals surface area contributed by atoms with E-state index in [4.69, 9.17) is 0 Å². The predicted molar refractivity (Wildman–Crippen MR) is 70.9 cm³/mol. The van der Waals surface area contributed by atoms with Crippen LogP contribution in [0.15, 0.2) is 30.3 Å². The third-order valence-electron chi connectivity index (χ3n) is 4.23. The molecule has 1 aliphatic carbocycles. The fourth-order valence-corrected chi connectivity index (χ4v) is 3.36. The lowest BCUT2D eigenvalue weighted by molar-refractivity contribution is 0.0815. The second-order valence-electron chi connectivity index (χ2n) is 5.37. The monoisotopic (exact) mass is 230 g/mol. The van der Waals surface area contributed by atoms with E-state index in [1.54, 1.807) is 0 Å². The van der Waals surface area contributed by atoms with Crippen LogP contribution in [0.25, 0.3) is 0 Å². The molecule has 2 nitrogen and oxygen atoms in total. The lowest BCUT2D eigenvalue weighted by atomic mass is 9.87. The molecule has 2 aliphatic rings. The van der Waals surface area contributed by atoms with Crippen molar-refractivity contribution in [1.82, 2.24) is 10.2 Å². The van der Waals surface area contributed by atoms with E-state index in [-0.39, 0.29) is 0 Å². The Bertz CT molecular complexity index is 347. The Labute approximate surface area is 104 Å². The Morgan fingerprint density at radius 3 is 2.82 bits per heavy atom. The third kappa shape index (κ3) is 2.53. The van der Waals surface area contributed by atoms with Crippen LogP contribution in [0.3, 0.4) is 0 Å². The molecule has 2 atom stereocenters. The first-order valence-electron chi connectivity index (χ1n) is 6.95. The first kappa shape index (κ1) is 11.2. The summed E-state index contributed by atoms with van der Waals surface area (Å²) in [6.07, 6.45) is 5.57. The number of hydrogen-bond acceptors (Lipinski definition) is 2. The van der Waals surface area contributed by atoms with Gasteiger partial charge >= 0.3 is 0 Å². The van der Waals surface area contributed by atoms with Crippen LogP contribution < -0.4 is 5.32 Å². The highest BCUT2D eigenvalue weighted by Gasteiger charge is 2.32. The van der Waals surface area contributed by atoms with Gasteiger partial charge in [-0.25, -0.2) is 0 Å². The van der Waals surface area contributed by atoms with Gasteiger partial charge in [-0.15, -0.1) is 0 Å². The zero-order chi connectivity index (χ0) is 11.5. The second kappa shape index (κ2) is 5.19. The molecular formula is C15H22N2. The molecule has 2 heteroatoms. The first-order chi connectivity index (χ1) is 8.43. The zero-order valence-corrected chi connectivity index (χ0v) is 10.4. The number of fused-ring (bicyclic) bond motifs is 1. The SMILES string of the molecule is c1ccc(CN2CCN[C@H]3CCCC[C@@H]32)cc1. The van der Waals surface area contributed by atoms with Crippen molar-refractivity contribution < 1.29 is 0 Å². The minimum absolute atomic E-state index is 0.751. The van der Waals surface area contributed by atoms with Gasteiger partial charge in [0.05, 0.1) is 0 Å². The fraction of sp³-hybridized carbons (Fsp3) is 0.600. The molecule has 1 saturated heterocycles. The Morgan fingerprint density at radius 1 is 1.12 bits per heavy atom. The topological polar surface area (TPSA) is 15.3 Å². The van der Waals surface area contributed by atoms with Crippen LogP contribution in [0, 0.1) is 0 Å². The fourth-order valence-electron chi connectivity index (χ4n) is 3.36. The lowest BCUT2D eigenvalue weighted by Gasteiger charge is -2.44. The summed E-state index contributed by atoms with van der Waals surface area (Å²) in [6.45, 7) is 3.49.